The van der Waals surface area contributed by atoms with Gasteiger partial charge < -0.3 is 20.1 Å². The third-order valence-corrected chi connectivity index (χ3v) is 3.24. The molecule has 0 bridgehead atoms. The van der Waals surface area contributed by atoms with E-state index in [1.165, 1.54) is 14.2 Å². The topological polar surface area (TPSA) is 77.1 Å². The third kappa shape index (κ3) is 1.41. The number of ether oxygens (including phenoxy) is 2. The van der Waals surface area contributed by atoms with Gasteiger partial charge in [0.25, 0.3) is 0 Å². The molecule has 6 heteroatoms. The van der Waals surface area contributed by atoms with Crippen LogP contribution in [0.1, 0.15) is 19.8 Å². The van der Waals surface area contributed by atoms with Crippen LogP contribution >= 0.6 is 0 Å². The number of urea groups is 1. The summed E-state index contributed by atoms with van der Waals surface area (Å²) in [7, 11) is 3.06. The van der Waals surface area contributed by atoms with Gasteiger partial charge in [-0.3, -0.25) is 0 Å². The number of carbonyl (C=O) groups excluding carboxylic acids is 1. The highest BCUT2D eigenvalue weighted by Gasteiger charge is 2.55. The summed E-state index contributed by atoms with van der Waals surface area (Å²) < 4.78 is 10.5. The number of hydrogen-bond acceptors (Lipinski definition) is 4. The lowest BCUT2D eigenvalue weighted by Crippen LogP contribution is -2.61. The average molecular weight is 227 g/mol. The van der Waals surface area contributed by atoms with Crippen LogP contribution in [0.25, 0.3) is 0 Å². The smallest absolute Gasteiger partial charge is 0.346 e. The number of hydrogen-bond donors (Lipinski definition) is 1. The molecule has 1 aliphatic carbocycles. The number of carbonyl (C=O) groups is 1. The molecule has 0 saturated heterocycles. The highest BCUT2D eigenvalue weighted by Crippen LogP contribution is 2.39. The molecule has 1 aliphatic heterocycles. The number of amides is 2. The lowest BCUT2D eigenvalue weighted by Gasteiger charge is -2.39. The molecule has 1 heterocycles. The van der Waals surface area contributed by atoms with E-state index in [1.807, 2.05) is 6.92 Å². The fourth-order valence-corrected chi connectivity index (χ4v) is 2.25. The lowest BCUT2D eigenvalue weighted by atomic mass is 9.98. The Balaban J connectivity index is 2.34. The molecule has 90 valence electrons. The van der Waals surface area contributed by atoms with Crippen molar-refractivity contribution in [2.75, 3.05) is 14.2 Å². The molecule has 2 amide bonds. The number of amidine groups is 1. The average Bonchev–Trinajstić information content (AvgIpc) is 3.00. The fourth-order valence-electron chi connectivity index (χ4n) is 2.25. The van der Waals surface area contributed by atoms with Gasteiger partial charge in [0.15, 0.2) is 11.8 Å². The van der Waals surface area contributed by atoms with Crippen molar-refractivity contribution in [3.63, 3.8) is 0 Å². The second-order valence-electron chi connectivity index (χ2n) is 4.33. The van der Waals surface area contributed by atoms with Crippen LogP contribution in [0.2, 0.25) is 0 Å². The maximum absolute atomic E-state index is 11.8. The Bertz CT molecular complexity index is 336. The minimum Gasteiger partial charge on any atom is -0.385 e. The number of nitrogens with two attached hydrogens (primary N) is 1. The maximum Gasteiger partial charge on any atom is 0.346 e. The van der Waals surface area contributed by atoms with E-state index >= 15 is 0 Å². The SMILES string of the molecule is COC(OC)C1(C)C(N)=NC(=O)N1C1CC1. The first-order chi connectivity index (χ1) is 7.55. The summed E-state index contributed by atoms with van der Waals surface area (Å²) in [5.74, 6) is 0.262. The van der Waals surface area contributed by atoms with Gasteiger partial charge in [0.05, 0.1) is 0 Å². The first-order valence-electron chi connectivity index (χ1n) is 5.29. The minimum absolute atomic E-state index is 0.218. The molecule has 16 heavy (non-hydrogen) atoms. The Labute approximate surface area is 94.4 Å². The molecule has 1 unspecified atom stereocenters. The van der Waals surface area contributed by atoms with Gasteiger partial charge >= 0.3 is 6.03 Å². The van der Waals surface area contributed by atoms with E-state index in [9.17, 15) is 4.79 Å². The molecule has 6 nitrogen and oxygen atoms in total. The Morgan fingerprint density at radius 3 is 2.50 bits per heavy atom. The normalized spacial score (nSPS) is 30.1. The Kier molecular flexibility index (Phi) is 2.63. The summed E-state index contributed by atoms with van der Waals surface area (Å²) >= 11 is 0. The number of methoxy groups -OCH3 is 2. The van der Waals surface area contributed by atoms with Crippen LogP contribution in [-0.4, -0.2) is 48.9 Å². The highest BCUT2D eigenvalue weighted by atomic mass is 16.7. The summed E-state index contributed by atoms with van der Waals surface area (Å²) in [6.07, 6.45) is 1.39. The molecular weight excluding hydrogens is 210 g/mol. The van der Waals surface area contributed by atoms with Crippen molar-refractivity contribution in [3.05, 3.63) is 0 Å². The standard InChI is InChI=1S/C10H17N3O3/c1-10(8(15-2)16-3)7(11)12-9(14)13(10)6-4-5-6/h6,8H,4-5H2,1-3H3,(H2,11,12,14). The molecule has 0 aromatic carbocycles. The van der Waals surface area contributed by atoms with Crippen LogP contribution in [-0.2, 0) is 9.47 Å². The van der Waals surface area contributed by atoms with Gasteiger partial charge in [-0.05, 0) is 19.8 Å². The number of aliphatic imine (C=N–C) groups is 1. The zero-order valence-electron chi connectivity index (χ0n) is 9.77. The van der Waals surface area contributed by atoms with E-state index in [1.54, 1.807) is 4.90 Å². The zero-order chi connectivity index (χ0) is 11.9. The first kappa shape index (κ1) is 11.3. The largest absolute Gasteiger partial charge is 0.385 e. The monoisotopic (exact) mass is 227 g/mol. The van der Waals surface area contributed by atoms with Crippen LogP contribution in [0, 0.1) is 0 Å². The van der Waals surface area contributed by atoms with Crippen LogP contribution in [0.5, 0.6) is 0 Å². The van der Waals surface area contributed by atoms with Crippen LogP contribution < -0.4 is 5.73 Å². The Morgan fingerprint density at radius 2 is 2.06 bits per heavy atom. The molecule has 1 saturated carbocycles. The van der Waals surface area contributed by atoms with Crippen molar-refractivity contribution in [1.29, 1.82) is 0 Å². The van der Waals surface area contributed by atoms with Gasteiger partial charge in [0.2, 0.25) is 0 Å². The molecular formula is C10H17N3O3. The second-order valence-corrected chi connectivity index (χ2v) is 4.33. The molecule has 0 spiro atoms. The summed E-state index contributed by atoms with van der Waals surface area (Å²) in [4.78, 5) is 17.3. The van der Waals surface area contributed by atoms with Gasteiger partial charge in [-0.1, -0.05) is 0 Å². The number of nitrogens with zero attached hydrogens (tertiary/aromatic N) is 2. The quantitative estimate of drug-likeness (QED) is 0.702. The fraction of sp³-hybridized carbons (Fsp3) is 0.800. The molecule has 2 aliphatic rings. The van der Waals surface area contributed by atoms with Gasteiger partial charge in [-0.25, -0.2) is 4.79 Å². The molecule has 2 N–H and O–H groups in total. The summed E-state index contributed by atoms with van der Waals surface area (Å²) in [5, 5.41) is 0. The van der Waals surface area contributed by atoms with Crippen molar-refractivity contribution >= 4 is 11.9 Å². The molecule has 0 aromatic rings. The van der Waals surface area contributed by atoms with E-state index in [0.717, 1.165) is 12.8 Å². The van der Waals surface area contributed by atoms with E-state index in [0.29, 0.717) is 0 Å². The molecule has 1 fully saturated rings. The highest BCUT2D eigenvalue weighted by molar-refractivity contribution is 6.06. The van der Waals surface area contributed by atoms with Crippen LogP contribution in [0.3, 0.4) is 0 Å². The van der Waals surface area contributed by atoms with E-state index < -0.39 is 11.8 Å². The molecule has 1 atom stereocenters. The van der Waals surface area contributed by atoms with Crippen molar-refractivity contribution in [2.45, 2.75) is 37.6 Å². The van der Waals surface area contributed by atoms with E-state index in [2.05, 4.69) is 4.99 Å². The van der Waals surface area contributed by atoms with Crippen molar-refractivity contribution < 1.29 is 14.3 Å². The lowest BCUT2D eigenvalue weighted by molar-refractivity contribution is -0.152. The van der Waals surface area contributed by atoms with Crippen LogP contribution in [0.15, 0.2) is 4.99 Å². The summed E-state index contributed by atoms with van der Waals surface area (Å²) in [6, 6.07) is -0.0725. The zero-order valence-corrected chi connectivity index (χ0v) is 9.77. The van der Waals surface area contributed by atoms with Crippen molar-refractivity contribution in [3.8, 4) is 0 Å². The van der Waals surface area contributed by atoms with Crippen molar-refractivity contribution in [1.82, 2.24) is 4.90 Å². The van der Waals surface area contributed by atoms with Gasteiger partial charge in [-0.15, -0.1) is 0 Å². The summed E-state index contributed by atoms with van der Waals surface area (Å²) in [6.45, 7) is 1.83. The Hall–Kier alpha value is -1.14. The van der Waals surface area contributed by atoms with Crippen molar-refractivity contribution in [2.24, 2.45) is 10.7 Å². The van der Waals surface area contributed by atoms with Crippen LogP contribution in [0.4, 0.5) is 4.79 Å². The van der Waals surface area contributed by atoms with Gasteiger partial charge in [0, 0.05) is 20.3 Å². The number of rotatable bonds is 4. The molecule has 0 aromatic heterocycles. The van der Waals surface area contributed by atoms with Gasteiger partial charge in [0.1, 0.15) is 5.84 Å². The maximum atomic E-state index is 11.8. The molecule has 0 radical (unpaired) electrons. The predicted octanol–water partition coefficient (Wildman–Crippen LogP) is 0.319. The van der Waals surface area contributed by atoms with E-state index in [4.69, 9.17) is 15.2 Å². The predicted molar refractivity (Wildman–Crippen MR) is 58.1 cm³/mol. The third-order valence-electron chi connectivity index (χ3n) is 3.24. The Morgan fingerprint density at radius 1 is 1.50 bits per heavy atom. The molecule has 2 rings (SSSR count). The summed E-state index contributed by atoms with van der Waals surface area (Å²) in [5.41, 5.74) is 5.05. The van der Waals surface area contributed by atoms with E-state index in [-0.39, 0.29) is 17.9 Å². The second kappa shape index (κ2) is 3.71. The van der Waals surface area contributed by atoms with Gasteiger partial charge in [-0.2, -0.15) is 4.99 Å². The minimum atomic E-state index is -0.790. The first-order valence-corrected chi connectivity index (χ1v) is 5.29.